The van der Waals surface area contributed by atoms with Crippen molar-refractivity contribution in [3.63, 3.8) is 0 Å². The van der Waals surface area contributed by atoms with E-state index in [9.17, 15) is 5.11 Å². The van der Waals surface area contributed by atoms with Gasteiger partial charge >= 0.3 is 0 Å². The third kappa shape index (κ3) is 3.61. The molecule has 0 aliphatic carbocycles. The molecule has 0 radical (unpaired) electrons. The van der Waals surface area contributed by atoms with Crippen molar-refractivity contribution in [1.29, 1.82) is 0 Å². The molecule has 1 fully saturated rings. The first-order valence-corrected chi connectivity index (χ1v) is 6.83. The van der Waals surface area contributed by atoms with Crippen LogP contribution in [0.1, 0.15) is 25.3 Å². The maximum atomic E-state index is 9.74. The van der Waals surface area contributed by atoms with Crippen LogP contribution < -0.4 is 5.32 Å². The third-order valence-corrected chi connectivity index (χ3v) is 3.86. The highest BCUT2D eigenvalue weighted by atomic mass is 35.5. The Morgan fingerprint density at radius 3 is 2.89 bits per heavy atom. The zero-order valence-corrected chi connectivity index (χ0v) is 11.4. The van der Waals surface area contributed by atoms with Crippen molar-refractivity contribution in [3.8, 4) is 5.75 Å². The summed E-state index contributed by atoms with van der Waals surface area (Å²) in [6, 6.07) is 5.56. The van der Waals surface area contributed by atoms with Gasteiger partial charge in [-0.3, -0.25) is 0 Å². The van der Waals surface area contributed by atoms with E-state index in [1.165, 1.54) is 0 Å². The quantitative estimate of drug-likeness (QED) is 0.883. The summed E-state index contributed by atoms with van der Waals surface area (Å²) in [6.45, 7) is 4.56. The molecule has 1 aliphatic heterocycles. The van der Waals surface area contributed by atoms with Crippen LogP contribution in [0.2, 0.25) is 5.02 Å². The maximum absolute atomic E-state index is 9.74. The molecular formula is C14H20ClNO2. The van der Waals surface area contributed by atoms with Gasteiger partial charge in [0.05, 0.1) is 0 Å². The number of phenols is 1. The van der Waals surface area contributed by atoms with Crippen LogP contribution in [0.3, 0.4) is 0 Å². The van der Waals surface area contributed by atoms with Gasteiger partial charge < -0.3 is 15.2 Å². The summed E-state index contributed by atoms with van der Waals surface area (Å²) in [5, 5.41) is 13.9. The van der Waals surface area contributed by atoms with E-state index in [4.69, 9.17) is 16.3 Å². The minimum absolute atomic E-state index is 0.297. The third-order valence-electron chi connectivity index (χ3n) is 3.63. The van der Waals surface area contributed by atoms with E-state index in [1.807, 2.05) is 0 Å². The number of aromatic hydroxyl groups is 1. The zero-order chi connectivity index (χ0) is 13.0. The topological polar surface area (TPSA) is 41.5 Å². The van der Waals surface area contributed by atoms with Crippen molar-refractivity contribution in [3.05, 3.63) is 28.8 Å². The fourth-order valence-electron chi connectivity index (χ4n) is 2.35. The predicted octanol–water partition coefficient (Wildman–Crippen LogP) is 2.95. The molecule has 0 saturated carbocycles. The number of nitrogens with one attached hydrogen (secondary N) is 1. The molecule has 1 aromatic rings. The molecule has 3 nitrogen and oxygen atoms in total. The maximum Gasteiger partial charge on any atom is 0.120 e. The summed E-state index contributed by atoms with van der Waals surface area (Å²) >= 11 is 5.93. The largest absolute Gasteiger partial charge is 0.508 e. The molecule has 1 heterocycles. The molecule has 2 rings (SSSR count). The van der Waals surface area contributed by atoms with E-state index in [2.05, 4.69) is 12.2 Å². The summed E-state index contributed by atoms with van der Waals surface area (Å²) in [5.41, 5.74) is 0.849. The SMILES string of the molecule is CC(NCc1cc(Cl)ccc1O)C1CCOCC1. The minimum atomic E-state index is 0.297. The van der Waals surface area contributed by atoms with E-state index in [-0.39, 0.29) is 0 Å². The molecule has 100 valence electrons. The van der Waals surface area contributed by atoms with Gasteiger partial charge in [-0.25, -0.2) is 0 Å². The van der Waals surface area contributed by atoms with Gasteiger partial charge in [0.1, 0.15) is 5.75 Å². The Labute approximate surface area is 113 Å². The summed E-state index contributed by atoms with van der Waals surface area (Å²) < 4.78 is 5.36. The van der Waals surface area contributed by atoms with Crippen LogP contribution in [-0.4, -0.2) is 24.4 Å². The molecule has 0 amide bonds. The molecule has 0 spiro atoms. The Bertz CT molecular complexity index is 391. The van der Waals surface area contributed by atoms with Crippen molar-refractivity contribution in [2.24, 2.45) is 5.92 Å². The van der Waals surface area contributed by atoms with Gasteiger partial charge in [0.2, 0.25) is 0 Å². The summed E-state index contributed by atoms with van der Waals surface area (Å²) in [5.74, 6) is 0.950. The summed E-state index contributed by atoms with van der Waals surface area (Å²) in [7, 11) is 0. The second-order valence-corrected chi connectivity index (χ2v) is 5.33. The highest BCUT2D eigenvalue weighted by molar-refractivity contribution is 6.30. The lowest BCUT2D eigenvalue weighted by Gasteiger charge is -2.28. The van der Waals surface area contributed by atoms with Crippen LogP contribution >= 0.6 is 11.6 Å². The second-order valence-electron chi connectivity index (χ2n) is 4.89. The van der Waals surface area contributed by atoms with Crippen molar-refractivity contribution in [2.75, 3.05) is 13.2 Å². The van der Waals surface area contributed by atoms with E-state index < -0.39 is 0 Å². The van der Waals surface area contributed by atoms with E-state index in [1.54, 1.807) is 18.2 Å². The number of halogens is 1. The molecule has 0 aromatic heterocycles. The van der Waals surface area contributed by atoms with Crippen LogP contribution in [0.5, 0.6) is 5.75 Å². The second kappa shape index (κ2) is 6.41. The van der Waals surface area contributed by atoms with Gasteiger partial charge in [-0.15, -0.1) is 0 Å². The smallest absolute Gasteiger partial charge is 0.120 e. The molecular weight excluding hydrogens is 250 g/mol. The standard InChI is InChI=1S/C14H20ClNO2/c1-10(11-4-6-18-7-5-11)16-9-12-8-13(15)2-3-14(12)17/h2-3,8,10-11,16-17H,4-7,9H2,1H3. The first-order valence-electron chi connectivity index (χ1n) is 6.45. The first kappa shape index (κ1) is 13.7. The predicted molar refractivity (Wildman–Crippen MR) is 73.0 cm³/mol. The Balaban J connectivity index is 1.88. The normalized spacial score (nSPS) is 18.8. The Morgan fingerprint density at radius 1 is 1.44 bits per heavy atom. The van der Waals surface area contributed by atoms with Crippen LogP contribution in [0.25, 0.3) is 0 Å². The molecule has 2 N–H and O–H groups in total. The van der Waals surface area contributed by atoms with Gasteiger partial charge in [0.15, 0.2) is 0 Å². The Morgan fingerprint density at radius 2 is 2.17 bits per heavy atom. The number of rotatable bonds is 4. The molecule has 4 heteroatoms. The van der Waals surface area contributed by atoms with E-state index >= 15 is 0 Å². The monoisotopic (exact) mass is 269 g/mol. The van der Waals surface area contributed by atoms with Crippen LogP contribution in [0.4, 0.5) is 0 Å². The molecule has 1 aliphatic rings. The Kier molecular flexibility index (Phi) is 4.87. The molecule has 1 atom stereocenters. The van der Waals surface area contributed by atoms with Crippen molar-refractivity contribution < 1.29 is 9.84 Å². The minimum Gasteiger partial charge on any atom is -0.508 e. The average molecular weight is 270 g/mol. The molecule has 1 unspecified atom stereocenters. The van der Waals surface area contributed by atoms with E-state index in [0.717, 1.165) is 31.6 Å². The fraction of sp³-hybridized carbons (Fsp3) is 0.571. The van der Waals surface area contributed by atoms with Crippen LogP contribution in [0.15, 0.2) is 18.2 Å². The van der Waals surface area contributed by atoms with Crippen LogP contribution in [0, 0.1) is 5.92 Å². The van der Waals surface area contributed by atoms with E-state index in [0.29, 0.717) is 29.3 Å². The fourth-order valence-corrected chi connectivity index (χ4v) is 2.54. The lowest BCUT2D eigenvalue weighted by atomic mass is 9.93. The first-order chi connectivity index (χ1) is 8.66. The molecule has 18 heavy (non-hydrogen) atoms. The van der Waals surface area contributed by atoms with Gasteiger partial charge in [-0.2, -0.15) is 0 Å². The highest BCUT2D eigenvalue weighted by Gasteiger charge is 2.20. The molecule has 1 aromatic carbocycles. The van der Waals surface area contributed by atoms with Crippen LogP contribution in [-0.2, 0) is 11.3 Å². The summed E-state index contributed by atoms with van der Waals surface area (Å²) in [4.78, 5) is 0. The van der Waals surface area contributed by atoms with Gasteiger partial charge in [0.25, 0.3) is 0 Å². The number of hydrogen-bond donors (Lipinski definition) is 2. The van der Waals surface area contributed by atoms with Gasteiger partial charge in [-0.1, -0.05) is 11.6 Å². The number of benzene rings is 1. The van der Waals surface area contributed by atoms with Crippen molar-refractivity contribution in [2.45, 2.75) is 32.4 Å². The van der Waals surface area contributed by atoms with Crippen molar-refractivity contribution in [1.82, 2.24) is 5.32 Å². The average Bonchev–Trinajstić information content (AvgIpc) is 2.40. The number of phenolic OH excluding ortho intramolecular Hbond substituents is 1. The van der Waals surface area contributed by atoms with Gasteiger partial charge in [-0.05, 0) is 43.9 Å². The lowest BCUT2D eigenvalue weighted by Crippen LogP contribution is -2.36. The zero-order valence-electron chi connectivity index (χ0n) is 10.7. The molecule has 0 bridgehead atoms. The molecule has 1 saturated heterocycles. The Hall–Kier alpha value is -0.770. The van der Waals surface area contributed by atoms with Gasteiger partial charge in [0, 0.05) is 36.4 Å². The number of hydrogen-bond acceptors (Lipinski definition) is 3. The lowest BCUT2D eigenvalue weighted by molar-refractivity contribution is 0.0557. The summed E-state index contributed by atoms with van der Waals surface area (Å²) in [6.07, 6.45) is 2.21. The van der Waals surface area contributed by atoms with Crippen molar-refractivity contribution >= 4 is 11.6 Å². The number of ether oxygens (including phenoxy) is 1. The highest BCUT2D eigenvalue weighted by Crippen LogP contribution is 2.23.